The van der Waals surface area contributed by atoms with Gasteiger partial charge in [-0.1, -0.05) is 6.42 Å². The Morgan fingerprint density at radius 3 is 2.29 bits per heavy atom. The number of amides is 1. The minimum absolute atomic E-state index is 0.0657. The van der Waals surface area contributed by atoms with Gasteiger partial charge in [0.1, 0.15) is 0 Å². The summed E-state index contributed by atoms with van der Waals surface area (Å²) in [4.78, 5) is 23.9. The van der Waals surface area contributed by atoms with E-state index in [0.717, 1.165) is 12.8 Å². The molecule has 0 saturated heterocycles. The zero-order chi connectivity index (χ0) is 10.7. The van der Waals surface area contributed by atoms with E-state index in [0.29, 0.717) is 12.8 Å². The summed E-state index contributed by atoms with van der Waals surface area (Å²) in [6.07, 6.45) is 2.90. The Bertz CT molecular complexity index is 238. The molecule has 1 fully saturated rings. The Balaban J connectivity index is 2.56. The third kappa shape index (κ3) is 2.47. The predicted molar refractivity (Wildman–Crippen MR) is 51.8 cm³/mol. The van der Waals surface area contributed by atoms with Crippen LogP contribution in [0, 0.1) is 11.8 Å². The summed E-state index contributed by atoms with van der Waals surface area (Å²) in [5.41, 5.74) is 0. The third-order valence-electron chi connectivity index (χ3n) is 2.81. The zero-order valence-electron chi connectivity index (χ0n) is 8.69. The number of carbonyl (C=O) groups excluding carboxylic acids is 1. The van der Waals surface area contributed by atoms with Crippen molar-refractivity contribution in [3.63, 3.8) is 0 Å². The van der Waals surface area contributed by atoms with E-state index >= 15 is 0 Å². The molecule has 1 saturated carbocycles. The van der Waals surface area contributed by atoms with Gasteiger partial charge in [0.2, 0.25) is 5.91 Å². The number of aliphatic carboxylic acids is 1. The molecule has 2 unspecified atom stereocenters. The van der Waals surface area contributed by atoms with Crippen LogP contribution in [0.5, 0.6) is 0 Å². The second kappa shape index (κ2) is 4.44. The molecule has 1 aliphatic rings. The standard InChI is InChI=1S/C10H17NO3/c1-11(2)9(12)7-4-3-5-8(6-7)10(13)14/h7-8H,3-6H2,1-2H3,(H,13,14). The lowest BCUT2D eigenvalue weighted by Crippen LogP contribution is -2.34. The van der Waals surface area contributed by atoms with Crippen molar-refractivity contribution >= 4 is 11.9 Å². The molecule has 0 bridgehead atoms. The van der Waals surface area contributed by atoms with E-state index in [1.807, 2.05) is 0 Å². The number of hydrogen-bond acceptors (Lipinski definition) is 2. The average molecular weight is 199 g/mol. The van der Waals surface area contributed by atoms with Crippen LogP contribution in [0.1, 0.15) is 25.7 Å². The molecule has 0 heterocycles. The molecule has 14 heavy (non-hydrogen) atoms. The molecule has 80 valence electrons. The highest BCUT2D eigenvalue weighted by molar-refractivity contribution is 5.79. The topological polar surface area (TPSA) is 57.6 Å². The highest BCUT2D eigenvalue weighted by atomic mass is 16.4. The average Bonchev–Trinajstić information content (AvgIpc) is 2.16. The largest absolute Gasteiger partial charge is 0.481 e. The van der Waals surface area contributed by atoms with Gasteiger partial charge in [0, 0.05) is 20.0 Å². The van der Waals surface area contributed by atoms with E-state index in [9.17, 15) is 9.59 Å². The molecule has 0 spiro atoms. The zero-order valence-corrected chi connectivity index (χ0v) is 8.69. The van der Waals surface area contributed by atoms with Crippen molar-refractivity contribution in [2.24, 2.45) is 11.8 Å². The maximum absolute atomic E-state index is 11.6. The van der Waals surface area contributed by atoms with Crippen molar-refractivity contribution in [1.29, 1.82) is 0 Å². The Hall–Kier alpha value is -1.06. The Morgan fingerprint density at radius 2 is 1.79 bits per heavy atom. The van der Waals surface area contributed by atoms with Crippen LogP contribution in [0.15, 0.2) is 0 Å². The Kier molecular flexibility index (Phi) is 3.49. The molecule has 0 radical (unpaired) electrons. The Morgan fingerprint density at radius 1 is 1.21 bits per heavy atom. The maximum Gasteiger partial charge on any atom is 0.306 e. The molecular weight excluding hydrogens is 182 g/mol. The van der Waals surface area contributed by atoms with Crippen molar-refractivity contribution in [3.05, 3.63) is 0 Å². The van der Waals surface area contributed by atoms with Crippen molar-refractivity contribution in [2.45, 2.75) is 25.7 Å². The quantitative estimate of drug-likeness (QED) is 0.720. The van der Waals surface area contributed by atoms with Crippen LogP contribution in [0.3, 0.4) is 0 Å². The lowest BCUT2D eigenvalue weighted by atomic mass is 9.81. The molecule has 4 nitrogen and oxygen atoms in total. The first-order valence-corrected chi connectivity index (χ1v) is 4.96. The molecule has 1 rings (SSSR count). The van der Waals surface area contributed by atoms with Crippen molar-refractivity contribution < 1.29 is 14.7 Å². The highest BCUT2D eigenvalue weighted by Crippen LogP contribution is 2.30. The van der Waals surface area contributed by atoms with E-state index in [-0.39, 0.29) is 17.7 Å². The molecule has 1 aliphatic carbocycles. The molecular formula is C10H17NO3. The van der Waals surface area contributed by atoms with Crippen LogP contribution in [0.25, 0.3) is 0 Å². The Labute approximate surface area is 83.9 Å². The molecule has 0 aliphatic heterocycles. The fraction of sp³-hybridized carbons (Fsp3) is 0.800. The monoisotopic (exact) mass is 199 g/mol. The molecule has 2 atom stereocenters. The van der Waals surface area contributed by atoms with Gasteiger partial charge in [-0.25, -0.2) is 0 Å². The lowest BCUT2D eigenvalue weighted by Gasteiger charge is -2.27. The first kappa shape index (κ1) is 11.0. The molecule has 0 aromatic rings. The van der Waals surface area contributed by atoms with E-state index in [1.165, 1.54) is 0 Å². The van der Waals surface area contributed by atoms with Gasteiger partial charge < -0.3 is 10.0 Å². The van der Waals surface area contributed by atoms with Crippen LogP contribution in [-0.2, 0) is 9.59 Å². The highest BCUT2D eigenvalue weighted by Gasteiger charge is 2.31. The van der Waals surface area contributed by atoms with Crippen LogP contribution < -0.4 is 0 Å². The SMILES string of the molecule is CN(C)C(=O)C1CCCC(C(=O)O)C1. The van der Waals surface area contributed by atoms with E-state index in [2.05, 4.69) is 0 Å². The molecule has 4 heteroatoms. The minimum Gasteiger partial charge on any atom is -0.481 e. The van der Waals surface area contributed by atoms with Crippen molar-refractivity contribution in [2.75, 3.05) is 14.1 Å². The smallest absolute Gasteiger partial charge is 0.306 e. The first-order chi connectivity index (χ1) is 6.52. The predicted octanol–water partition coefficient (Wildman–Crippen LogP) is 0.966. The van der Waals surface area contributed by atoms with Crippen molar-refractivity contribution in [1.82, 2.24) is 4.90 Å². The second-order valence-corrected chi connectivity index (χ2v) is 4.13. The van der Waals surface area contributed by atoms with Crippen LogP contribution >= 0.6 is 0 Å². The fourth-order valence-electron chi connectivity index (χ4n) is 2.00. The van der Waals surface area contributed by atoms with Gasteiger partial charge >= 0.3 is 5.97 Å². The summed E-state index contributed by atoms with van der Waals surface area (Å²) in [6, 6.07) is 0. The number of carboxylic acid groups (broad SMARTS) is 1. The summed E-state index contributed by atoms with van der Waals surface area (Å²) in [7, 11) is 3.43. The summed E-state index contributed by atoms with van der Waals surface area (Å²) in [5, 5.41) is 8.85. The van der Waals surface area contributed by atoms with Crippen LogP contribution in [0.2, 0.25) is 0 Å². The summed E-state index contributed by atoms with van der Waals surface area (Å²) in [6.45, 7) is 0. The number of rotatable bonds is 2. The second-order valence-electron chi connectivity index (χ2n) is 4.13. The number of carbonyl (C=O) groups is 2. The van der Waals surface area contributed by atoms with Gasteiger partial charge in [-0.2, -0.15) is 0 Å². The number of carboxylic acids is 1. The van der Waals surface area contributed by atoms with Gasteiger partial charge in [-0.05, 0) is 19.3 Å². The van der Waals surface area contributed by atoms with Crippen LogP contribution in [-0.4, -0.2) is 36.0 Å². The van der Waals surface area contributed by atoms with Gasteiger partial charge in [-0.15, -0.1) is 0 Å². The summed E-state index contributed by atoms with van der Waals surface area (Å²) < 4.78 is 0. The van der Waals surface area contributed by atoms with Gasteiger partial charge in [0.05, 0.1) is 5.92 Å². The van der Waals surface area contributed by atoms with Gasteiger partial charge in [0.15, 0.2) is 0 Å². The summed E-state index contributed by atoms with van der Waals surface area (Å²) in [5.74, 6) is -1.10. The maximum atomic E-state index is 11.6. The first-order valence-electron chi connectivity index (χ1n) is 4.96. The van der Waals surface area contributed by atoms with E-state index in [4.69, 9.17) is 5.11 Å². The molecule has 0 aromatic carbocycles. The third-order valence-corrected chi connectivity index (χ3v) is 2.81. The minimum atomic E-state index is -0.763. The lowest BCUT2D eigenvalue weighted by molar-refractivity contribution is -0.145. The summed E-state index contributed by atoms with van der Waals surface area (Å²) >= 11 is 0. The molecule has 0 aromatic heterocycles. The number of hydrogen-bond donors (Lipinski definition) is 1. The van der Waals surface area contributed by atoms with Crippen molar-refractivity contribution in [3.8, 4) is 0 Å². The van der Waals surface area contributed by atoms with Crippen LogP contribution in [0.4, 0.5) is 0 Å². The van der Waals surface area contributed by atoms with Gasteiger partial charge in [-0.3, -0.25) is 9.59 Å². The fourth-order valence-corrected chi connectivity index (χ4v) is 2.00. The normalized spacial score (nSPS) is 27.0. The molecule has 1 N–H and O–H groups in total. The van der Waals surface area contributed by atoms with Gasteiger partial charge in [0.25, 0.3) is 0 Å². The number of nitrogens with zero attached hydrogens (tertiary/aromatic N) is 1. The van der Waals surface area contributed by atoms with E-state index in [1.54, 1.807) is 19.0 Å². The molecule has 1 amide bonds. The van der Waals surface area contributed by atoms with E-state index < -0.39 is 5.97 Å².